The molecule has 0 saturated carbocycles. The van der Waals surface area contributed by atoms with Gasteiger partial charge in [-0.1, -0.05) is 23.4 Å². The van der Waals surface area contributed by atoms with E-state index in [1.54, 1.807) is 28.8 Å². The molecule has 0 fully saturated rings. The molecular formula is C18H15ClN6O3S. The van der Waals surface area contributed by atoms with Gasteiger partial charge < -0.3 is 4.57 Å². The van der Waals surface area contributed by atoms with Crippen LogP contribution >= 0.6 is 23.4 Å². The first-order valence-electron chi connectivity index (χ1n) is 8.28. The van der Waals surface area contributed by atoms with Gasteiger partial charge in [-0.2, -0.15) is 5.10 Å². The Balaban J connectivity index is 1.53. The van der Waals surface area contributed by atoms with E-state index in [1.807, 2.05) is 19.2 Å². The second kappa shape index (κ2) is 9.30. The molecule has 0 atom stereocenters. The van der Waals surface area contributed by atoms with Gasteiger partial charge in [0, 0.05) is 29.8 Å². The number of amides is 1. The Kier molecular flexibility index (Phi) is 6.57. The van der Waals surface area contributed by atoms with Crippen molar-refractivity contribution in [3.05, 3.63) is 69.2 Å². The largest absolute Gasteiger partial charge is 0.305 e. The molecule has 0 spiro atoms. The molecule has 1 N–H and O–H groups in total. The Morgan fingerprint density at radius 1 is 1.24 bits per heavy atom. The van der Waals surface area contributed by atoms with Crippen molar-refractivity contribution in [3.8, 4) is 11.4 Å². The van der Waals surface area contributed by atoms with Crippen LogP contribution in [0, 0.1) is 10.1 Å². The van der Waals surface area contributed by atoms with Crippen LogP contribution in [0.1, 0.15) is 5.56 Å². The lowest BCUT2D eigenvalue weighted by Gasteiger charge is -2.04. The molecule has 1 heterocycles. The third-order valence-electron chi connectivity index (χ3n) is 3.78. The third-order valence-corrected chi connectivity index (χ3v) is 5.05. The molecule has 2 aromatic carbocycles. The van der Waals surface area contributed by atoms with Crippen molar-refractivity contribution in [3.63, 3.8) is 0 Å². The number of carbonyl (C=O) groups is 1. The molecule has 1 amide bonds. The Labute approximate surface area is 174 Å². The van der Waals surface area contributed by atoms with Crippen molar-refractivity contribution in [1.82, 2.24) is 20.2 Å². The SMILES string of the molecule is Cn1c(SCC(=O)NN=Cc2ccc([N+](=O)[O-])cc2)nnc1-c1ccc(Cl)cc1. The lowest BCUT2D eigenvalue weighted by molar-refractivity contribution is -0.384. The fraction of sp³-hybridized carbons (Fsp3) is 0.111. The summed E-state index contributed by atoms with van der Waals surface area (Å²) in [6.45, 7) is 0. The zero-order valence-electron chi connectivity index (χ0n) is 15.2. The highest BCUT2D eigenvalue weighted by atomic mass is 35.5. The van der Waals surface area contributed by atoms with E-state index in [1.165, 1.54) is 30.1 Å². The highest BCUT2D eigenvalue weighted by Gasteiger charge is 2.12. The van der Waals surface area contributed by atoms with Crippen LogP contribution in [0.4, 0.5) is 5.69 Å². The summed E-state index contributed by atoms with van der Waals surface area (Å²) in [7, 11) is 1.82. The van der Waals surface area contributed by atoms with E-state index in [-0.39, 0.29) is 17.3 Å². The van der Waals surface area contributed by atoms with Crippen LogP contribution in [0.3, 0.4) is 0 Å². The van der Waals surface area contributed by atoms with Gasteiger partial charge >= 0.3 is 0 Å². The van der Waals surface area contributed by atoms with Crippen molar-refractivity contribution in [2.75, 3.05) is 5.75 Å². The van der Waals surface area contributed by atoms with Gasteiger partial charge in [0.15, 0.2) is 11.0 Å². The summed E-state index contributed by atoms with van der Waals surface area (Å²) in [5.74, 6) is 0.453. The van der Waals surface area contributed by atoms with Crippen LogP contribution in [0.15, 0.2) is 58.8 Å². The van der Waals surface area contributed by atoms with E-state index in [0.29, 0.717) is 21.6 Å². The Hall–Kier alpha value is -3.24. The number of carbonyl (C=O) groups excluding carboxylic acids is 1. The van der Waals surface area contributed by atoms with E-state index in [2.05, 4.69) is 20.7 Å². The van der Waals surface area contributed by atoms with E-state index in [9.17, 15) is 14.9 Å². The second-order valence-corrected chi connectivity index (χ2v) is 7.18. The number of nitrogens with zero attached hydrogens (tertiary/aromatic N) is 5. The topological polar surface area (TPSA) is 115 Å². The summed E-state index contributed by atoms with van der Waals surface area (Å²) in [5.41, 5.74) is 3.89. The first kappa shape index (κ1) is 20.5. The minimum Gasteiger partial charge on any atom is -0.305 e. The van der Waals surface area contributed by atoms with E-state index >= 15 is 0 Å². The fourth-order valence-electron chi connectivity index (χ4n) is 2.31. The molecule has 3 aromatic rings. The molecule has 0 radical (unpaired) electrons. The van der Waals surface area contributed by atoms with Gasteiger partial charge in [0.25, 0.3) is 11.6 Å². The zero-order chi connectivity index (χ0) is 20.8. The maximum absolute atomic E-state index is 12.0. The number of hydrogen-bond acceptors (Lipinski definition) is 7. The van der Waals surface area contributed by atoms with Crippen molar-refractivity contribution >= 4 is 41.2 Å². The average Bonchev–Trinajstić information content (AvgIpc) is 3.08. The number of rotatable bonds is 7. The predicted molar refractivity (Wildman–Crippen MR) is 111 cm³/mol. The molecule has 11 heteroatoms. The first-order valence-corrected chi connectivity index (χ1v) is 9.65. The van der Waals surface area contributed by atoms with Crippen molar-refractivity contribution < 1.29 is 9.72 Å². The number of nitro benzene ring substituents is 1. The molecule has 0 aliphatic rings. The number of hydrogen-bond donors (Lipinski definition) is 1. The number of halogens is 1. The molecule has 29 heavy (non-hydrogen) atoms. The number of non-ortho nitro benzene ring substituents is 1. The summed E-state index contributed by atoms with van der Waals surface area (Å²) in [4.78, 5) is 22.1. The van der Waals surface area contributed by atoms with Crippen LogP contribution in [-0.4, -0.2) is 37.6 Å². The van der Waals surface area contributed by atoms with Crippen LogP contribution in [0.5, 0.6) is 0 Å². The zero-order valence-corrected chi connectivity index (χ0v) is 16.7. The molecule has 0 saturated heterocycles. The Morgan fingerprint density at radius 3 is 2.59 bits per heavy atom. The lowest BCUT2D eigenvalue weighted by Crippen LogP contribution is -2.19. The standard InChI is InChI=1S/C18H15ClN6O3S/c1-24-17(13-4-6-14(19)7-5-13)22-23-18(24)29-11-16(26)21-20-10-12-2-8-15(9-3-12)25(27)28/h2-10H,11H2,1H3,(H,21,26). The summed E-state index contributed by atoms with van der Waals surface area (Å²) in [6, 6.07) is 13.1. The summed E-state index contributed by atoms with van der Waals surface area (Å²) < 4.78 is 1.79. The number of nitrogens with one attached hydrogen (secondary N) is 1. The third kappa shape index (κ3) is 5.39. The van der Waals surface area contributed by atoms with Crippen LogP contribution < -0.4 is 5.43 Å². The monoisotopic (exact) mass is 430 g/mol. The van der Waals surface area contributed by atoms with Crippen LogP contribution in [0.2, 0.25) is 5.02 Å². The predicted octanol–water partition coefficient (Wildman–Crippen LogP) is 3.29. The fourth-order valence-corrected chi connectivity index (χ4v) is 3.14. The Bertz CT molecular complexity index is 1050. The second-order valence-electron chi connectivity index (χ2n) is 5.80. The average molecular weight is 431 g/mol. The molecule has 148 valence electrons. The van der Waals surface area contributed by atoms with Gasteiger partial charge in [-0.15, -0.1) is 10.2 Å². The minimum absolute atomic E-state index is 0.00997. The lowest BCUT2D eigenvalue weighted by atomic mass is 10.2. The number of thioether (sulfide) groups is 1. The molecule has 9 nitrogen and oxygen atoms in total. The first-order chi connectivity index (χ1) is 13.9. The van der Waals surface area contributed by atoms with Gasteiger partial charge in [-0.3, -0.25) is 14.9 Å². The maximum atomic E-state index is 12.0. The molecular weight excluding hydrogens is 416 g/mol. The van der Waals surface area contributed by atoms with Crippen molar-refractivity contribution in [2.45, 2.75) is 5.16 Å². The van der Waals surface area contributed by atoms with Crippen molar-refractivity contribution in [1.29, 1.82) is 0 Å². The van der Waals surface area contributed by atoms with E-state index in [4.69, 9.17) is 11.6 Å². The number of nitro groups is 1. The number of aromatic nitrogens is 3. The quantitative estimate of drug-likeness (QED) is 0.266. The minimum atomic E-state index is -0.481. The highest BCUT2D eigenvalue weighted by Crippen LogP contribution is 2.23. The Morgan fingerprint density at radius 2 is 1.93 bits per heavy atom. The molecule has 0 aliphatic heterocycles. The smallest absolute Gasteiger partial charge is 0.269 e. The molecule has 0 bridgehead atoms. The number of benzene rings is 2. The summed E-state index contributed by atoms with van der Waals surface area (Å²) in [6.07, 6.45) is 1.41. The van der Waals surface area contributed by atoms with Gasteiger partial charge in [0.05, 0.1) is 16.9 Å². The van der Waals surface area contributed by atoms with Gasteiger partial charge in [-0.25, -0.2) is 5.43 Å². The summed E-state index contributed by atoms with van der Waals surface area (Å²) >= 11 is 7.13. The normalized spacial score (nSPS) is 11.0. The van der Waals surface area contributed by atoms with E-state index in [0.717, 1.165) is 5.56 Å². The van der Waals surface area contributed by atoms with Crippen molar-refractivity contribution in [2.24, 2.45) is 12.1 Å². The molecule has 0 unspecified atom stereocenters. The van der Waals surface area contributed by atoms with Crippen LogP contribution in [-0.2, 0) is 11.8 Å². The van der Waals surface area contributed by atoms with Gasteiger partial charge in [-0.05, 0) is 42.0 Å². The van der Waals surface area contributed by atoms with E-state index < -0.39 is 4.92 Å². The molecule has 3 rings (SSSR count). The van der Waals surface area contributed by atoms with Gasteiger partial charge in [0.2, 0.25) is 0 Å². The molecule has 0 aliphatic carbocycles. The summed E-state index contributed by atoms with van der Waals surface area (Å²) in [5, 5.41) is 24.0. The van der Waals surface area contributed by atoms with Crippen LogP contribution in [0.25, 0.3) is 11.4 Å². The highest BCUT2D eigenvalue weighted by molar-refractivity contribution is 7.99. The number of hydrazone groups is 1. The maximum Gasteiger partial charge on any atom is 0.269 e. The van der Waals surface area contributed by atoms with Gasteiger partial charge in [0.1, 0.15) is 0 Å². The molecule has 1 aromatic heterocycles.